The van der Waals surface area contributed by atoms with Crippen LogP contribution < -0.4 is 5.32 Å². The standard InChI is InChI=1S/C16H23NO2/c1-10-4-5-13(19-10)11(2)17-14-12-6-9-18-15(12)16(14)7-3-8-16/h4-5,11-12,14-15,17H,3,6-9H2,1-2H3/t11-,12+,14+,15-/m0/s1. The van der Waals surface area contributed by atoms with Crippen LogP contribution in [0.1, 0.15) is 50.2 Å². The average molecular weight is 261 g/mol. The first-order chi connectivity index (χ1) is 9.21. The van der Waals surface area contributed by atoms with Gasteiger partial charge in [-0.05, 0) is 45.2 Å². The summed E-state index contributed by atoms with van der Waals surface area (Å²) in [5.41, 5.74) is 0.455. The highest BCUT2D eigenvalue weighted by atomic mass is 16.5. The molecule has 0 aromatic carbocycles. The Morgan fingerprint density at radius 3 is 2.84 bits per heavy atom. The monoisotopic (exact) mass is 261 g/mol. The molecule has 1 aromatic heterocycles. The first-order valence-electron chi connectivity index (χ1n) is 7.65. The van der Waals surface area contributed by atoms with Crippen LogP contribution in [0.25, 0.3) is 0 Å². The Labute approximate surface area is 114 Å². The smallest absolute Gasteiger partial charge is 0.120 e. The Hall–Kier alpha value is -0.800. The van der Waals surface area contributed by atoms with E-state index < -0.39 is 0 Å². The van der Waals surface area contributed by atoms with E-state index in [2.05, 4.69) is 24.4 Å². The molecule has 2 saturated carbocycles. The van der Waals surface area contributed by atoms with Gasteiger partial charge in [-0.25, -0.2) is 0 Å². The van der Waals surface area contributed by atoms with E-state index in [1.165, 1.54) is 25.7 Å². The highest BCUT2D eigenvalue weighted by Gasteiger charge is 2.66. The van der Waals surface area contributed by atoms with Crippen LogP contribution in [0.3, 0.4) is 0 Å². The van der Waals surface area contributed by atoms with E-state index in [-0.39, 0.29) is 0 Å². The minimum Gasteiger partial charge on any atom is -0.465 e. The van der Waals surface area contributed by atoms with E-state index in [1.54, 1.807) is 0 Å². The zero-order valence-electron chi connectivity index (χ0n) is 11.8. The molecule has 2 heterocycles. The van der Waals surface area contributed by atoms with Gasteiger partial charge in [0.05, 0.1) is 12.1 Å². The summed E-state index contributed by atoms with van der Waals surface area (Å²) in [7, 11) is 0. The van der Waals surface area contributed by atoms with E-state index in [9.17, 15) is 0 Å². The third kappa shape index (κ3) is 1.58. The molecule has 1 aromatic rings. The lowest BCUT2D eigenvalue weighted by atomic mass is 9.46. The van der Waals surface area contributed by atoms with Crippen LogP contribution in [0.4, 0.5) is 0 Å². The highest BCUT2D eigenvalue weighted by molar-refractivity contribution is 5.20. The number of fused-ring (bicyclic) bond motifs is 2. The van der Waals surface area contributed by atoms with Gasteiger partial charge < -0.3 is 14.5 Å². The van der Waals surface area contributed by atoms with E-state index in [0.29, 0.717) is 23.6 Å². The summed E-state index contributed by atoms with van der Waals surface area (Å²) in [6, 6.07) is 5.09. The lowest BCUT2D eigenvalue weighted by molar-refractivity contribution is -0.178. The Bertz CT molecular complexity index is 477. The third-order valence-electron chi connectivity index (χ3n) is 5.65. The number of ether oxygens (including phenoxy) is 1. The number of aryl methyl sites for hydroxylation is 1. The van der Waals surface area contributed by atoms with Gasteiger partial charge in [-0.2, -0.15) is 0 Å². The van der Waals surface area contributed by atoms with Crippen LogP contribution >= 0.6 is 0 Å². The van der Waals surface area contributed by atoms with Gasteiger partial charge in [0.2, 0.25) is 0 Å². The summed E-state index contributed by atoms with van der Waals surface area (Å²) in [5.74, 6) is 2.80. The zero-order chi connectivity index (χ0) is 13.0. The molecule has 19 heavy (non-hydrogen) atoms. The van der Waals surface area contributed by atoms with Gasteiger partial charge in [0.25, 0.3) is 0 Å². The van der Waals surface area contributed by atoms with Crippen LogP contribution in [-0.4, -0.2) is 18.8 Å². The number of rotatable bonds is 3. The molecule has 1 spiro atoms. The summed E-state index contributed by atoms with van der Waals surface area (Å²) in [4.78, 5) is 0. The van der Waals surface area contributed by atoms with Crippen LogP contribution in [0.2, 0.25) is 0 Å². The Morgan fingerprint density at radius 2 is 2.21 bits per heavy atom. The summed E-state index contributed by atoms with van der Waals surface area (Å²) in [5, 5.41) is 3.84. The van der Waals surface area contributed by atoms with E-state index in [4.69, 9.17) is 9.15 Å². The molecule has 3 fully saturated rings. The Morgan fingerprint density at radius 1 is 1.37 bits per heavy atom. The van der Waals surface area contributed by atoms with Gasteiger partial charge in [-0.3, -0.25) is 0 Å². The molecule has 0 bridgehead atoms. The summed E-state index contributed by atoms with van der Waals surface area (Å²) >= 11 is 0. The van der Waals surface area contributed by atoms with Crippen LogP contribution in [-0.2, 0) is 4.74 Å². The molecule has 2 aliphatic carbocycles. The minimum absolute atomic E-state index is 0.303. The SMILES string of the molecule is Cc1ccc([C@H](C)N[C@@H]2[C@H]3CCO[C@@H]3C23CCC3)o1. The van der Waals surface area contributed by atoms with Crippen molar-refractivity contribution in [1.82, 2.24) is 5.32 Å². The normalized spacial score (nSPS) is 36.6. The number of nitrogens with one attached hydrogen (secondary N) is 1. The predicted octanol–water partition coefficient (Wildman–Crippen LogP) is 3.20. The molecule has 1 aliphatic heterocycles. The maximum atomic E-state index is 5.97. The molecule has 0 amide bonds. The quantitative estimate of drug-likeness (QED) is 0.907. The lowest BCUT2D eigenvalue weighted by Gasteiger charge is -2.64. The van der Waals surface area contributed by atoms with Crippen molar-refractivity contribution in [3.63, 3.8) is 0 Å². The van der Waals surface area contributed by atoms with Crippen molar-refractivity contribution in [2.75, 3.05) is 6.61 Å². The van der Waals surface area contributed by atoms with Gasteiger partial charge in [0.15, 0.2) is 0 Å². The molecule has 104 valence electrons. The molecule has 3 heteroatoms. The Balaban J connectivity index is 1.50. The number of hydrogen-bond donors (Lipinski definition) is 1. The summed E-state index contributed by atoms with van der Waals surface area (Å²) in [6.07, 6.45) is 5.84. The molecule has 0 unspecified atom stereocenters. The van der Waals surface area contributed by atoms with Crippen molar-refractivity contribution in [1.29, 1.82) is 0 Å². The second kappa shape index (κ2) is 4.10. The van der Waals surface area contributed by atoms with Crippen molar-refractivity contribution in [2.45, 2.75) is 57.7 Å². The van der Waals surface area contributed by atoms with Crippen LogP contribution in [0.15, 0.2) is 16.5 Å². The molecule has 4 rings (SSSR count). The van der Waals surface area contributed by atoms with Crippen molar-refractivity contribution in [3.05, 3.63) is 23.7 Å². The number of furan rings is 1. The van der Waals surface area contributed by atoms with Crippen molar-refractivity contribution >= 4 is 0 Å². The largest absolute Gasteiger partial charge is 0.465 e. The molecule has 1 N–H and O–H groups in total. The summed E-state index contributed by atoms with van der Waals surface area (Å²) < 4.78 is 11.7. The molecule has 3 nitrogen and oxygen atoms in total. The van der Waals surface area contributed by atoms with E-state index >= 15 is 0 Å². The molecule has 1 saturated heterocycles. The first-order valence-corrected chi connectivity index (χ1v) is 7.65. The predicted molar refractivity (Wildman–Crippen MR) is 72.9 cm³/mol. The molecular formula is C16H23NO2. The third-order valence-corrected chi connectivity index (χ3v) is 5.65. The minimum atomic E-state index is 0.303. The second-order valence-electron chi connectivity index (χ2n) is 6.65. The molecule has 0 radical (unpaired) electrons. The average Bonchev–Trinajstić information content (AvgIpc) is 2.91. The second-order valence-corrected chi connectivity index (χ2v) is 6.65. The van der Waals surface area contributed by atoms with Gasteiger partial charge >= 0.3 is 0 Å². The summed E-state index contributed by atoms with van der Waals surface area (Å²) in [6.45, 7) is 5.19. The highest BCUT2D eigenvalue weighted by Crippen LogP contribution is 2.63. The van der Waals surface area contributed by atoms with Crippen molar-refractivity contribution < 1.29 is 9.15 Å². The fourth-order valence-corrected chi connectivity index (χ4v) is 4.53. The van der Waals surface area contributed by atoms with Crippen LogP contribution in [0, 0.1) is 18.3 Å². The van der Waals surface area contributed by atoms with Crippen molar-refractivity contribution in [2.24, 2.45) is 11.3 Å². The van der Waals surface area contributed by atoms with E-state index in [0.717, 1.165) is 24.0 Å². The first kappa shape index (κ1) is 12.0. The maximum absolute atomic E-state index is 5.97. The number of hydrogen-bond acceptors (Lipinski definition) is 3. The van der Waals surface area contributed by atoms with Gasteiger partial charge in [0, 0.05) is 24.0 Å². The zero-order valence-corrected chi connectivity index (χ0v) is 11.8. The van der Waals surface area contributed by atoms with Gasteiger partial charge in [-0.1, -0.05) is 6.42 Å². The van der Waals surface area contributed by atoms with E-state index in [1.807, 2.05) is 6.92 Å². The maximum Gasteiger partial charge on any atom is 0.120 e. The fraction of sp³-hybridized carbons (Fsp3) is 0.750. The molecule has 4 atom stereocenters. The fourth-order valence-electron chi connectivity index (χ4n) is 4.53. The van der Waals surface area contributed by atoms with Crippen LogP contribution in [0.5, 0.6) is 0 Å². The molecule has 3 aliphatic rings. The molecular weight excluding hydrogens is 238 g/mol. The Kier molecular flexibility index (Phi) is 2.58. The lowest BCUT2D eigenvalue weighted by Crippen LogP contribution is -2.71. The van der Waals surface area contributed by atoms with Gasteiger partial charge in [-0.15, -0.1) is 0 Å². The topological polar surface area (TPSA) is 34.4 Å². The van der Waals surface area contributed by atoms with Gasteiger partial charge in [0.1, 0.15) is 11.5 Å². The van der Waals surface area contributed by atoms with Crippen molar-refractivity contribution in [3.8, 4) is 0 Å².